The van der Waals surface area contributed by atoms with Gasteiger partial charge in [0.1, 0.15) is 0 Å². The normalized spacial score (nSPS) is 25.2. The zero-order chi connectivity index (χ0) is 18.3. The van der Waals surface area contributed by atoms with Gasteiger partial charge < -0.3 is 4.90 Å². The van der Waals surface area contributed by atoms with E-state index in [0.29, 0.717) is 11.6 Å². The van der Waals surface area contributed by atoms with E-state index < -0.39 is 10.0 Å². The maximum absolute atomic E-state index is 13.4. The van der Waals surface area contributed by atoms with Crippen molar-refractivity contribution in [2.45, 2.75) is 49.7 Å². The SMILES string of the molecule is CN1CC=C(C2CN(S(=O)(=O)C3CCCCC3)c3ccc(Cl)cc32)CC1. The van der Waals surface area contributed by atoms with Crippen LogP contribution in [0.3, 0.4) is 0 Å². The van der Waals surface area contributed by atoms with Crippen LogP contribution in [0.5, 0.6) is 0 Å². The van der Waals surface area contributed by atoms with Crippen molar-refractivity contribution in [3.8, 4) is 0 Å². The standard InChI is InChI=1S/C20H27ClN2O2S/c1-22-11-9-15(10-12-22)19-14-23(20-8-7-16(21)13-18(19)20)26(24,25)17-5-3-2-4-6-17/h7-9,13,17,19H,2-6,10-12,14H2,1H3. The summed E-state index contributed by atoms with van der Waals surface area (Å²) in [6.07, 6.45) is 8.04. The number of nitrogens with zero attached hydrogens (tertiary/aromatic N) is 2. The van der Waals surface area contributed by atoms with Crippen molar-refractivity contribution in [2.24, 2.45) is 0 Å². The molecule has 1 fully saturated rings. The highest BCUT2D eigenvalue weighted by molar-refractivity contribution is 7.93. The molecule has 3 aliphatic rings. The Morgan fingerprint density at radius 1 is 1.15 bits per heavy atom. The molecule has 2 heterocycles. The molecular weight excluding hydrogens is 368 g/mol. The van der Waals surface area contributed by atoms with Gasteiger partial charge in [0.15, 0.2) is 0 Å². The van der Waals surface area contributed by atoms with Crippen LogP contribution >= 0.6 is 11.6 Å². The Bertz CT molecular complexity index is 815. The lowest BCUT2D eigenvalue weighted by Crippen LogP contribution is -2.39. The predicted molar refractivity (Wildman–Crippen MR) is 108 cm³/mol. The molecule has 0 radical (unpaired) electrons. The van der Waals surface area contributed by atoms with E-state index in [1.165, 1.54) is 5.57 Å². The number of rotatable bonds is 3. The lowest BCUT2D eigenvalue weighted by Gasteiger charge is -2.29. The number of benzene rings is 1. The molecule has 1 aromatic rings. The second-order valence-electron chi connectivity index (χ2n) is 7.88. The molecule has 1 unspecified atom stereocenters. The summed E-state index contributed by atoms with van der Waals surface area (Å²) in [4.78, 5) is 2.29. The van der Waals surface area contributed by atoms with Crippen LogP contribution in [0.25, 0.3) is 0 Å². The third kappa shape index (κ3) is 3.30. The Hall–Kier alpha value is -1.04. The van der Waals surface area contributed by atoms with Crippen LogP contribution in [0.4, 0.5) is 5.69 Å². The van der Waals surface area contributed by atoms with E-state index in [1.807, 2.05) is 18.2 Å². The molecule has 0 bridgehead atoms. The monoisotopic (exact) mass is 394 g/mol. The van der Waals surface area contributed by atoms with Crippen LogP contribution in [0.2, 0.25) is 5.02 Å². The van der Waals surface area contributed by atoms with Crippen molar-refractivity contribution in [1.29, 1.82) is 0 Å². The summed E-state index contributed by atoms with van der Waals surface area (Å²) in [6.45, 7) is 2.48. The molecule has 1 saturated carbocycles. The summed E-state index contributed by atoms with van der Waals surface area (Å²) in [5, 5.41) is 0.448. The fourth-order valence-electron chi connectivity index (χ4n) is 4.60. The summed E-state index contributed by atoms with van der Waals surface area (Å²) in [5.74, 6) is 0.135. The van der Waals surface area contributed by atoms with E-state index >= 15 is 0 Å². The fourth-order valence-corrected chi connectivity index (χ4v) is 6.86. The lowest BCUT2D eigenvalue weighted by atomic mass is 9.89. The van der Waals surface area contributed by atoms with Gasteiger partial charge in [-0.2, -0.15) is 0 Å². The molecule has 0 N–H and O–H groups in total. The zero-order valence-corrected chi connectivity index (χ0v) is 16.9. The van der Waals surface area contributed by atoms with E-state index in [0.717, 1.165) is 62.9 Å². The van der Waals surface area contributed by atoms with Crippen LogP contribution in [0.15, 0.2) is 29.8 Å². The fraction of sp³-hybridized carbons (Fsp3) is 0.600. The third-order valence-corrected chi connectivity index (χ3v) is 8.67. The highest BCUT2D eigenvalue weighted by Crippen LogP contribution is 2.45. The Labute approximate surface area is 161 Å². The number of fused-ring (bicyclic) bond motifs is 1. The molecule has 4 nitrogen and oxygen atoms in total. The average molecular weight is 395 g/mol. The van der Waals surface area contributed by atoms with E-state index in [2.05, 4.69) is 18.0 Å². The molecule has 1 aliphatic carbocycles. The first-order valence-electron chi connectivity index (χ1n) is 9.65. The Balaban J connectivity index is 1.70. The number of hydrogen-bond acceptors (Lipinski definition) is 3. The van der Waals surface area contributed by atoms with Gasteiger partial charge >= 0.3 is 0 Å². The van der Waals surface area contributed by atoms with Crippen LogP contribution in [0, 0.1) is 0 Å². The third-order valence-electron chi connectivity index (χ3n) is 6.16. The molecule has 0 saturated heterocycles. The minimum Gasteiger partial charge on any atom is -0.302 e. The molecule has 1 aromatic carbocycles. The number of anilines is 1. The van der Waals surface area contributed by atoms with Gasteiger partial charge in [0.25, 0.3) is 0 Å². The predicted octanol–water partition coefficient (Wildman–Crippen LogP) is 4.17. The summed E-state index contributed by atoms with van der Waals surface area (Å²) < 4.78 is 28.5. The first-order valence-corrected chi connectivity index (χ1v) is 11.5. The molecule has 4 rings (SSSR count). The second kappa shape index (κ2) is 7.17. The molecular formula is C20H27ClN2O2S. The van der Waals surface area contributed by atoms with Gasteiger partial charge in [-0.15, -0.1) is 0 Å². The molecule has 6 heteroatoms. The van der Waals surface area contributed by atoms with Crippen molar-refractivity contribution in [3.63, 3.8) is 0 Å². The average Bonchev–Trinajstić information content (AvgIpc) is 3.02. The maximum Gasteiger partial charge on any atom is 0.238 e. The Morgan fingerprint density at radius 3 is 2.62 bits per heavy atom. The Morgan fingerprint density at radius 2 is 1.92 bits per heavy atom. The lowest BCUT2D eigenvalue weighted by molar-refractivity contribution is 0.354. The Kier molecular flexibility index (Phi) is 5.06. The molecule has 0 amide bonds. The van der Waals surface area contributed by atoms with Gasteiger partial charge in [0.2, 0.25) is 10.0 Å². The topological polar surface area (TPSA) is 40.6 Å². The van der Waals surface area contributed by atoms with Gasteiger partial charge in [-0.25, -0.2) is 8.42 Å². The summed E-state index contributed by atoms with van der Waals surface area (Å²) in [5.41, 5.74) is 3.27. The van der Waals surface area contributed by atoms with Crippen molar-refractivity contribution in [1.82, 2.24) is 4.90 Å². The van der Waals surface area contributed by atoms with Gasteiger partial charge in [0, 0.05) is 30.6 Å². The molecule has 0 aromatic heterocycles. The van der Waals surface area contributed by atoms with Crippen LogP contribution in [-0.4, -0.2) is 45.2 Å². The van der Waals surface area contributed by atoms with Crippen LogP contribution < -0.4 is 4.31 Å². The maximum atomic E-state index is 13.4. The highest BCUT2D eigenvalue weighted by Gasteiger charge is 2.41. The molecule has 142 valence electrons. The van der Waals surface area contributed by atoms with Gasteiger partial charge in [-0.05, 0) is 50.1 Å². The number of likely N-dealkylation sites (N-methyl/N-ethyl adjacent to an activating group) is 1. The van der Waals surface area contributed by atoms with E-state index in [9.17, 15) is 8.42 Å². The minimum absolute atomic E-state index is 0.135. The second-order valence-corrected chi connectivity index (χ2v) is 10.5. The van der Waals surface area contributed by atoms with Gasteiger partial charge in [0.05, 0.1) is 10.9 Å². The smallest absolute Gasteiger partial charge is 0.238 e. The van der Waals surface area contributed by atoms with Crippen molar-refractivity contribution >= 4 is 27.3 Å². The number of halogens is 1. The highest BCUT2D eigenvalue weighted by atomic mass is 35.5. The first kappa shape index (κ1) is 18.3. The van der Waals surface area contributed by atoms with Crippen LogP contribution in [-0.2, 0) is 10.0 Å². The quantitative estimate of drug-likeness (QED) is 0.722. The zero-order valence-electron chi connectivity index (χ0n) is 15.3. The van der Waals surface area contributed by atoms with E-state index in [-0.39, 0.29) is 11.2 Å². The van der Waals surface area contributed by atoms with Crippen molar-refractivity contribution in [3.05, 3.63) is 40.4 Å². The van der Waals surface area contributed by atoms with Crippen molar-refractivity contribution < 1.29 is 8.42 Å². The van der Waals surface area contributed by atoms with Crippen LogP contribution in [0.1, 0.15) is 50.0 Å². The molecule has 26 heavy (non-hydrogen) atoms. The van der Waals surface area contributed by atoms with Crippen molar-refractivity contribution in [2.75, 3.05) is 31.0 Å². The molecule has 1 atom stereocenters. The molecule has 2 aliphatic heterocycles. The first-order chi connectivity index (χ1) is 12.5. The summed E-state index contributed by atoms with van der Waals surface area (Å²) in [6, 6.07) is 5.68. The molecule has 0 spiro atoms. The van der Waals surface area contributed by atoms with E-state index in [1.54, 1.807) is 4.31 Å². The summed E-state index contributed by atoms with van der Waals surface area (Å²) >= 11 is 6.27. The van der Waals surface area contributed by atoms with Gasteiger partial charge in [-0.1, -0.05) is 42.5 Å². The largest absolute Gasteiger partial charge is 0.302 e. The minimum atomic E-state index is -3.32. The van der Waals surface area contributed by atoms with Gasteiger partial charge in [-0.3, -0.25) is 4.31 Å². The van der Waals surface area contributed by atoms with E-state index in [4.69, 9.17) is 11.6 Å². The number of hydrogen-bond donors (Lipinski definition) is 0. The number of sulfonamides is 1. The summed E-state index contributed by atoms with van der Waals surface area (Å²) in [7, 11) is -1.20.